The molecule has 150 valence electrons. The van der Waals surface area contributed by atoms with Gasteiger partial charge in [-0.15, -0.1) is 0 Å². The van der Waals surface area contributed by atoms with E-state index >= 15 is 0 Å². The Bertz CT molecular complexity index is 861. The Hall–Kier alpha value is -2.82. The molecule has 28 heavy (non-hydrogen) atoms. The van der Waals surface area contributed by atoms with Crippen molar-refractivity contribution in [1.29, 1.82) is 0 Å². The molecule has 0 aliphatic heterocycles. The van der Waals surface area contributed by atoms with Crippen molar-refractivity contribution in [2.75, 3.05) is 0 Å². The fourth-order valence-corrected chi connectivity index (χ4v) is 3.59. The summed E-state index contributed by atoms with van der Waals surface area (Å²) in [4.78, 5) is 22.9. The second kappa shape index (κ2) is 8.46. The fourth-order valence-electron chi connectivity index (χ4n) is 3.59. The van der Waals surface area contributed by atoms with Gasteiger partial charge in [-0.3, -0.25) is 9.59 Å². The van der Waals surface area contributed by atoms with Gasteiger partial charge in [-0.1, -0.05) is 45.9 Å². The molecule has 2 aromatic carbocycles. The summed E-state index contributed by atoms with van der Waals surface area (Å²) in [6, 6.07) is 6.08. The van der Waals surface area contributed by atoms with E-state index in [0.717, 1.165) is 16.7 Å². The van der Waals surface area contributed by atoms with Crippen molar-refractivity contribution in [1.82, 2.24) is 0 Å². The maximum atomic E-state index is 11.5. The molecule has 5 heteroatoms. The van der Waals surface area contributed by atoms with Crippen LogP contribution in [-0.2, 0) is 0 Å². The first-order chi connectivity index (χ1) is 13.1. The van der Waals surface area contributed by atoms with Gasteiger partial charge in [-0.25, -0.2) is 0 Å². The molecule has 0 aliphatic carbocycles. The molecule has 0 radical (unpaired) electrons. The number of aldehydes is 2. The third kappa shape index (κ3) is 3.88. The van der Waals surface area contributed by atoms with E-state index in [0.29, 0.717) is 19.0 Å². The van der Waals surface area contributed by atoms with Crippen LogP contribution in [0.3, 0.4) is 0 Å². The Morgan fingerprint density at radius 3 is 1.86 bits per heavy atom. The SMILES string of the molecule is Cc1ccc(C(C)C)cc1C(CC(C)C)c1c(O)c(C=O)c(O)c(C=O)c1O. The lowest BCUT2D eigenvalue weighted by molar-refractivity contribution is 0.111. The van der Waals surface area contributed by atoms with Gasteiger partial charge < -0.3 is 15.3 Å². The second-order valence-corrected chi connectivity index (χ2v) is 7.98. The van der Waals surface area contributed by atoms with Crippen LogP contribution in [0.25, 0.3) is 0 Å². The van der Waals surface area contributed by atoms with E-state index in [2.05, 4.69) is 13.8 Å². The third-order valence-electron chi connectivity index (χ3n) is 5.17. The van der Waals surface area contributed by atoms with E-state index in [-0.39, 0.29) is 28.5 Å². The lowest BCUT2D eigenvalue weighted by atomic mass is 9.79. The van der Waals surface area contributed by atoms with E-state index in [1.807, 2.05) is 39.0 Å². The minimum Gasteiger partial charge on any atom is -0.507 e. The normalized spacial score (nSPS) is 12.4. The summed E-state index contributed by atoms with van der Waals surface area (Å²) in [6.45, 7) is 10.1. The highest BCUT2D eigenvalue weighted by Gasteiger charge is 2.30. The molecule has 0 saturated carbocycles. The first-order valence-electron chi connectivity index (χ1n) is 9.45. The van der Waals surface area contributed by atoms with Gasteiger partial charge in [-0.05, 0) is 41.9 Å². The zero-order chi connectivity index (χ0) is 21.2. The van der Waals surface area contributed by atoms with Crippen molar-refractivity contribution in [3.63, 3.8) is 0 Å². The van der Waals surface area contributed by atoms with Crippen LogP contribution < -0.4 is 0 Å². The van der Waals surface area contributed by atoms with Crippen LogP contribution in [0.15, 0.2) is 18.2 Å². The first-order valence-corrected chi connectivity index (χ1v) is 9.45. The van der Waals surface area contributed by atoms with Crippen molar-refractivity contribution in [3.8, 4) is 17.2 Å². The van der Waals surface area contributed by atoms with Gasteiger partial charge in [0.05, 0.1) is 11.1 Å². The maximum Gasteiger partial charge on any atom is 0.157 e. The number of aromatic hydroxyl groups is 3. The number of hydrogen-bond donors (Lipinski definition) is 3. The summed E-state index contributed by atoms with van der Waals surface area (Å²) in [5, 5.41) is 31.5. The quantitative estimate of drug-likeness (QED) is 0.582. The zero-order valence-electron chi connectivity index (χ0n) is 17.0. The summed E-state index contributed by atoms with van der Waals surface area (Å²) in [6.07, 6.45) is 1.17. The Morgan fingerprint density at radius 2 is 1.43 bits per heavy atom. The number of carbonyl (C=O) groups is 2. The van der Waals surface area contributed by atoms with Crippen LogP contribution in [0.1, 0.15) is 88.9 Å². The lowest BCUT2D eigenvalue weighted by Gasteiger charge is -2.26. The molecular formula is C23H28O5. The number of carbonyl (C=O) groups excluding carboxylic acids is 2. The van der Waals surface area contributed by atoms with E-state index in [1.165, 1.54) is 0 Å². The smallest absolute Gasteiger partial charge is 0.157 e. The predicted octanol–water partition coefficient (Wildman–Crippen LogP) is 5.04. The molecule has 0 aromatic heterocycles. The minimum absolute atomic E-state index is 0.0970. The second-order valence-electron chi connectivity index (χ2n) is 7.98. The molecule has 1 unspecified atom stereocenters. The van der Waals surface area contributed by atoms with Gasteiger partial charge in [0.25, 0.3) is 0 Å². The predicted molar refractivity (Wildman–Crippen MR) is 109 cm³/mol. The molecule has 0 fully saturated rings. The molecule has 1 atom stereocenters. The van der Waals surface area contributed by atoms with Crippen LogP contribution in [-0.4, -0.2) is 27.9 Å². The molecule has 0 bridgehead atoms. The van der Waals surface area contributed by atoms with E-state index in [9.17, 15) is 24.9 Å². The molecule has 5 nitrogen and oxygen atoms in total. The highest BCUT2D eigenvalue weighted by atomic mass is 16.3. The van der Waals surface area contributed by atoms with Crippen LogP contribution in [0.4, 0.5) is 0 Å². The van der Waals surface area contributed by atoms with Gasteiger partial charge in [0, 0.05) is 11.5 Å². The van der Waals surface area contributed by atoms with Gasteiger partial charge in [0.15, 0.2) is 12.6 Å². The summed E-state index contributed by atoms with van der Waals surface area (Å²) in [5.74, 6) is -1.64. The molecule has 0 amide bonds. The van der Waals surface area contributed by atoms with Crippen molar-refractivity contribution < 1.29 is 24.9 Å². The van der Waals surface area contributed by atoms with Crippen molar-refractivity contribution in [3.05, 3.63) is 51.6 Å². The van der Waals surface area contributed by atoms with Crippen LogP contribution >= 0.6 is 0 Å². The molecular weight excluding hydrogens is 356 g/mol. The summed E-state index contributed by atoms with van der Waals surface area (Å²) >= 11 is 0. The van der Waals surface area contributed by atoms with Gasteiger partial charge in [0.1, 0.15) is 17.2 Å². The maximum absolute atomic E-state index is 11.5. The van der Waals surface area contributed by atoms with Gasteiger partial charge >= 0.3 is 0 Å². The van der Waals surface area contributed by atoms with Crippen LogP contribution in [0, 0.1) is 12.8 Å². The Kier molecular flexibility index (Phi) is 6.49. The number of phenols is 3. The molecule has 0 aliphatic rings. The molecule has 2 rings (SSSR count). The molecule has 2 aromatic rings. The molecule has 3 N–H and O–H groups in total. The Labute approximate surface area is 165 Å². The fraction of sp³-hybridized carbons (Fsp3) is 0.391. The molecule has 0 spiro atoms. The summed E-state index contributed by atoms with van der Waals surface area (Å²) in [7, 11) is 0. The Balaban J connectivity index is 2.87. The average molecular weight is 384 g/mol. The highest BCUT2D eigenvalue weighted by Crippen LogP contribution is 2.48. The average Bonchev–Trinajstić information content (AvgIpc) is 2.61. The number of hydrogen-bond acceptors (Lipinski definition) is 5. The van der Waals surface area contributed by atoms with Crippen LogP contribution in [0.2, 0.25) is 0 Å². The molecule has 0 saturated heterocycles. The van der Waals surface area contributed by atoms with Crippen molar-refractivity contribution >= 4 is 12.6 Å². The number of benzene rings is 2. The number of rotatable bonds is 7. The lowest BCUT2D eigenvalue weighted by Crippen LogP contribution is -2.10. The monoisotopic (exact) mass is 384 g/mol. The summed E-state index contributed by atoms with van der Waals surface area (Å²) in [5.41, 5.74) is 2.31. The van der Waals surface area contributed by atoms with Gasteiger partial charge in [-0.2, -0.15) is 0 Å². The van der Waals surface area contributed by atoms with Crippen LogP contribution in [0.5, 0.6) is 17.2 Å². The number of phenolic OH excluding ortho intramolecular Hbond substituents is 3. The molecule has 0 heterocycles. The Morgan fingerprint density at radius 1 is 0.893 bits per heavy atom. The largest absolute Gasteiger partial charge is 0.507 e. The topological polar surface area (TPSA) is 94.8 Å². The standard InChI is InChI=1S/C23H28O5/c1-12(2)8-17(16-9-15(13(3)4)7-6-14(16)5)20-22(27)18(10-24)21(26)19(11-25)23(20)28/h6-7,9-13,17,26-28H,8H2,1-5H3. The van der Waals surface area contributed by atoms with E-state index in [4.69, 9.17) is 0 Å². The zero-order valence-corrected chi connectivity index (χ0v) is 17.0. The highest BCUT2D eigenvalue weighted by molar-refractivity contribution is 5.95. The van der Waals surface area contributed by atoms with Gasteiger partial charge in [0.2, 0.25) is 0 Å². The van der Waals surface area contributed by atoms with Crippen molar-refractivity contribution in [2.45, 2.75) is 52.9 Å². The van der Waals surface area contributed by atoms with E-state index in [1.54, 1.807) is 0 Å². The first kappa shape index (κ1) is 21.5. The van der Waals surface area contributed by atoms with E-state index < -0.39 is 23.2 Å². The third-order valence-corrected chi connectivity index (χ3v) is 5.17. The van der Waals surface area contributed by atoms with Crippen molar-refractivity contribution in [2.24, 2.45) is 5.92 Å². The minimum atomic E-state index is -0.709. The summed E-state index contributed by atoms with van der Waals surface area (Å²) < 4.78 is 0. The number of aryl methyl sites for hydroxylation is 1.